The number of aryl methyl sites for hydroxylation is 1. The van der Waals surface area contributed by atoms with Crippen LogP contribution in [0.5, 0.6) is 0 Å². The first-order valence-electron chi connectivity index (χ1n) is 5.49. The molecule has 0 bridgehead atoms. The Hall–Kier alpha value is -2.17. The molecule has 0 amide bonds. The summed E-state index contributed by atoms with van der Waals surface area (Å²) >= 11 is 0. The molecular formula is C12H12N4O. The lowest BCUT2D eigenvalue weighted by atomic mass is 10.1. The van der Waals surface area contributed by atoms with Crippen molar-refractivity contribution in [2.75, 3.05) is 5.32 Å². The first-order valence-corrected chi connectivity index (χ1v) is 5.49. The van der Waals surface area contributed by atoms with Crippen LogP contribution in [0.2, 0.25) is 0 Å². The van der Waals surface area contributed by atoms with Gasteiger partial charge in [-0.05, 0) is 11.6 Å². The zero-order chi connectivity index (χ0) is 11.8. The quantitative estimate of drug-likeness (QED) is 0.780. The van der Waals surface area contributed by atoms with Gasteiger partial charge in [0.1, 0.15) is 5.69 Å². The molecule has 1 unspecified atom stereocenters. The van der Waals surface area contributed by atoms with Crippen LogP contribution in [-0.2, 0) is 13.5 Å². The van der Waals surface area contributed by atoms with Crippen molar-refractivity contribution in [2.24, 2.45) is 7.05 Å². The Balaban J connectivity index is 1.86. The second-order valence-corrected chi connectivity index (χ2v) is 4.17. The summed E-state index contributed by atoms with van der Waals surface area (Å²) in [5.41, 5.74) is 2.76. The standard InChI is InChI=1S/C12H12N4O/c1-16-11(7-13-15-16)12(17)10-6-8-4-2-3-5-9(8)14-10/h2-5,7,10,14H,6H2,1H3. The van der Waals surface area contributed by atoms with Crippen molar-refractivity contribution in [3.8, 4) is 0 Å². The Morgan fingerprint density at radius 1 is 1.47 bits per heavy atom. The van der Waals surface area contributed by atoms with Crippen LogP contribution in [-0.4, -0.2) is 26.8 Å². The van der Waals surface area contributed by atoms with E-state index >= 15 is 0 Å². The van der Waals surface area contributed by atoms with Crippen LogP contribution in [0, 0.1) is 0 Å². The van der Waals surface area contributed by atoms with Crippen molar-refractivity contribution in [1.29, 1.82) is 0 Å². The number of hydrogen-bond acceptors (Lipinski definition) is 4. The van der Waals surface area contributed by atoms with Gasteiger partial charge in [0.2, 0.25) is 5.78 Å². The predicted molar refractivity (Wildman–Crippen MR) is 62.9 cm³/mol. The highest BCUT2D eigenvalue weighted by Gasteiger charge is 2.28. The molecule has 1 atom stereocenters. The minimum absolute atomic E-state index is 0.0358. The maximum Gasteiger partial charge on any atom is 0.204 e. The van der Waals surface area contributed by atoms with E-state index in [1.807, 2.05) is 24.3 Å². The van der Waals surface area contributed by atoms with E-state index in [4.69, 9.17) is 0 Å². The van der Waals surface area contributed by atoms with Gasteiger partial charge in [0.05, 0.1) is 12.2 Å². The van der Waals surface area contributed by atoms with Gasteiger partial charge in [-0.25, -0.2) is 4.68 Å². The summed E-state index contributed by atoms with van der Waals surface area (Å²) in [6.45, 7) is 0. The van der Waals surface area contributed by atoms with Crippen LogP contribution in [0.15, 0.2) is 30.5 Å². The number of nitrogens with one attached hydrogen (secondary N) is 1. The van der Waals surface area contributed by atoms with Crippen LogP contribution in [0.3, 0.4) is 0 Å². The van der Waals surface area contributed by atoms with E-state index in [-0.39, 0.29) is 11.8 Å². The van der Waals surface area contributed by atoms with Gasteiger partial charge in [0.25, 0.3) is 0 Å². The van der Waals surface area contributed by atoms with E-state index in [1.54, 1.807) is 7.05 Å². The second kappa shape index (κ2) is 3.69. The normalized spacial score (nSPS) is 17.6. The molecule has 0 saturated heterocycles. The lowest BCUT2D eigenvalue weighted by molar-refractivity contribution is 0.0962. The number of hydrogen-bond donors (Lipinski definition) is 1. The zero-order valence-electron chi connectivity index (χ0n) is 9.42. The lowest BCUT2D eigenvalue weighted by Gasteiger charge is -2.09. The summed E-state index contributed by atoms with van der Waals surface area (Å²) in [7, 11) is 1.72. The third kappa shape index (κ3) is 1.60. The molecule has 0 fully saturated rings. The van der Waals surface area contributed by atoms with E-state index in [0.717, 1.165) is 12.1 Å². The number of rotatable bonds is 2. The number of para-hydroxylation sites is 1. The Labute approximate surface area is 98.4 Å². The predicted octanol–water partition coefficient (Wildman–Crippen LogP) is 1.03. The molecule has 17 heavy (non-hydrogen) atoms. The minimum Gasteiger partial charge on any atom is -0.374 e. The molecule has 2 aromatic rings. The fourth-order valence-corrected chi connectivity index (χ4v) is 2.15. The van der Waals surface area contributed by atoms with Crippen molar-refractivity contribution in [1.82, 2.24) is 15.0 Å². The van der Waals surface area contributed by atoms with Gasteiger partial charge in [-0.15, -0.1) is 5.10 Å². The third-order valence-electron chi connectivity index (χ3n) is 3.05. The zero-order valence-corrected chi connectivity index (χ0v) is 9.42. The highest BCUT2D eigenvalue weighted by molar-refractivity contribution is 6.01. The Morgan fingerprint density at radius 2 is 2.29 bits per heavy atom. The maximum absolute atomic E-state index is 12.2. The molecule has 0 radical (unpaired) electrons. The van der Waals surface area contributed by atoms with Crippen LogP contribution in [0.25, 0.3) is 0 Å². The number of nitrogens with zero attached hydrogens (tertiary/aromatic N) is 3. The third-order valence-corrected chi connectivity index (χ3v) is 3.05. The van der Waals surface area contributed by atoms with Gasteiger partial charge in [-0.2, -0.15) is 0 Å². The molecule has 0 aliphatic carbocycles. The monoisotopic (exact) mass is 228 g/mol. The molecule has 3 rings (SSSR count). The molecule has 1 aliphatic heterocycles. The van der Waals surface area contributed by atoms with E-state index in [1.165, 1.54) is 16.4 Å². The van der Waals surface area contributed by atoms with Crippen LogP contribution < -0.4 is 5.32 Å². The van der Waals surface area contributed by atoms with E-state index < -0.39 is 0 Å². The Morgan fingerprint density at radius 3 is 3.00 bits per heavy atom. The molecule has 0 spiro atoms. The smallest absolute Gasteiger partial charge is 0.204 e. The number of fused-ring (bicyclic) bond motifs is 1. The first-order chi connectivity index (χ1) is 8.25. The van der Waals surface area contributed by atoms with Crippen LogP contribution >= 0.6 is 0 Å². The second-order valence-electron chi connectivity index (χ2n) is 4.17. The van der Waals surface area contributed by atoms with Crippen molar-refractivity contribution < 1.29 is 4.79 Å². The lowest BCUT2D eigenvalue weighted by Crippen LogP contribution is -2.28. The summed E-state index contributed by atoms with van der Waals surface area (Å²) in [5.74, 6) is 0.0358. The summed E-state index contributed by atoms with van der Waals surface area (Å²) in [5, 5.41) is 10.7. The Kier molecular flexibility index (Phi) is 2.18. The molecule has 1 N–H and O–H groups in total. The van der Waals surface area contributed by atoms with Crippen LogP contribution in [0.4, 0.5) is 5.69 Å². The molecule has 1 aliphatic rings. The van der Waals surface area contributed by atoms with Gasteiger partial charge in [-0.1, -0.05) is 23.4 Å². The highest BCUT2D eigenvalue weighted by atomic mass is 16.1. The number of Topliss-reactive ketones (excluding diaryl/α,β-unsaturated/α-hetero) is 1. The van der Waals surface area contributed by atoms with Crippen molar-refractivity contribution in [3.63, 3.8) is 0 Å². The number of carbonyl (C=O) groups is 1. The number of ketones is 1. The topological polar surface area (TPSA) is 59.8 Å². The molecular weight excluding hydrogens is 216 g/mol. The summed E-state index contributed by atoms with van der Waals surface area (Å²) in [6.07, 6.45) is 2.23. The summed E-state index contributed by atoms with van der Waals surface area (Å²) in [4.78, 5) is 12.2. The van der Waals surface area contributed by atoms with E-state index in [2.05, 4.69) is 15.6 Å². The molecule has 2 heterocycles. The van der Waals surface area contributed by atoms with Crippen molar-refractivity contribution in [2.45, 2.75) is 12.5 Å². The Bertz CT molecular complexity index is 550. The molecule has 1 aromatic heterocycles. The largest absolute Gasteiger partial charge is 0.374 e. The maximum atomic E-state index is 12.2. The fourth-order valence-electron chi connectivity index (χ4n) is 2.15. The summed E-state index contributed by atoms with van der Waals surface area (Å²) < 4.78 is 1.51. The number of anilines is 1. The molecule has 5 heteroatoms. The van der Waals surface area contributed by atoms with Gasteiger partial charge in [-0.3, -0.25) is 4.79 Å². The molecule has 5 nitrogen and oxygen atoms in total. The minimum atomic E-state index is -0.204. The van der Waals surface area contributed by atoms with Gasteiger partial charge in [0, 0.05) is 19.2 Å². The molecule has 1 aromatic carbocycles. The fraction of sp³-hybridized carbons (Fsp3) is 0.250. The highest BCUT2D eigenvalue weighted by Crippen LogP contribution is 2.26. The average molecular weight is 228 g/mol. The van der Waals surface area contributed by atoms with E-state index in [9.17, 15) is 4.79 Å². The van der Waals surface area contributed by atoms with Gasteiger partial charge < -0.3 is 5.32 Å². The molecule has 86 valence electrons. The number of carbonyl (C=O) groups excluding carboxylic acids is 1. The average Bonchev–Trinajstić information content (AvgIpc) is 2.93. The SMILES string of the molecule is Cn1nncc1C(=O)C1Cc2ccccc2N1. The van der Waals surface area contributed by atoms with Crippen molar-refractivity contribution in [3.05, 3.63) is 41.7 Å². The number of aromatic nitrogens is 3. The first kappa shape index (κ1) is 10.0. The van der Waals surface area contributed by atoms with Crippen LogP contribution in [0.1, 0.15) is 16.1 Å². The van der Waals surface area contributed by atoms with Gasteiger partial charge in [0.15, 0.2) is 0 Å². The van der Waals surface area contributed by atoms with Gasteiger partial charge >= 0.3 is 0 Å². The summed E-state index contributed by atoms with van der Waals surface area (Å²) in [6, 6.07) is 7.77. The molecule has 0 saturated carbocycles. The van der Waals surface area contributed by atoms with Crippen molar-refractivity contribution >= 4 is 11.5 Å². The van der Waals surface area contributed by atoms with E-state index in [0.29, 0.717) is 5.69 Å². The number of benzene rings is 1.